The van der Waals surface area contributed by atoms with E-state index in [1.165, 1.54) is 0 Å². The summed E-state index contributed by atoms with van der Waals surface area (Å²) in [5, 5.41) is 12.3. The van der Waals surface area contributed by atoms with Crippen LogP contribution in [0.2, 0.25) is 0 Å². The molecule has 0 atom stereocenters. The van der Waals surface area contributed by atoms with Gasteiger partial charge in [0.25, 0.3) is 0 Å². The van der Waals surface area contributed by atoms with Gasteiger partial charge in [-0.25, -0.2) is 4.98 Å². The maximum absolute atomic E-state index is 12.3. The van der Waals surface area contributed by atoms with Crippen molar-refractivity contribution in [2.45, 2.75) is 39.2 Å². The number of carbonyl (C=O) groups is 1. The van der Waals surface area contributed by atoms with Crippen molar-refractivity contribution in [3.8, 4) is 6.07 Å². The number of aryl methyl sites for hydroxylation is 1. The summed E-state index contributed by atoms with van der Waals surface area (Å²) in [7, 11) is 0. The summed E-state index contributed by atoms with van der Waals surface area (Å²) in [5.74, 6) is 0.820. The third-order valence-electron chi connectivity index (χ3n) is 4.57. The van der Waals surface area contributed by atoms with Gasteiger partial charge in [0.05, 0.1) is 17.1 Å². The normalized spacial score (nSPS) is 16.5. The highest BCUT2D eigenvalue weighted by Crippen LogP contribution is 2.37. The van der Waals surface area contributed by atoms with Crippen molar-refractivity contribution >= 4 is 16.9 Å². The summed E-state index contributed by atoms with van der Waals surface area (Å²) in [4.78, 5) is 16.8. The summed E-state index contributed by atoms with van der Waals surface area (Å²) in [6.07, 6.45) is 3.29. The zero-order valence-corrected chi connectivity index (χ0v) is 12.8. The summed E-state index contributed by atoms with van der Waals surface area (Å²) in [6.45, 7) is 3.15. The molecule has 2 aromatic rings. The number of nitrogens with one attached hydrogen (secondary N) is 1. The second-order valence-electron chi connectivity index (χ2n) is 5.96. The molecule has 1 saturated carbocycles. The molecular formula is C17H20N4O. The number of fused-ring (bicyclic) bond motifs is 1. The minimum absolute atomic E-state index is 0.116. The van der Waals surface area contributed by atoms with Crippen LogP contribution in [0.25, 0.3) is 11.0 Å². The first kappa shape index (κ1) is 14.6. The number of benzene rings is 1. The molecule has 1 aliphatic carbocycles. The quantitative estimate of drug-likeness (QED) is 0.942. The van der Waals surface area contributed by atoms with E-state index >= 15 is 0 Å². The second kappa shape index (κ2) is 5.80. The van der Waals surface area contributed by atoms with Crippen molar-refractivity contribution in [3.63, 3.8) is 0 Å². The van der Waals surface area contributed by atoms with Crippen molar-refractivity contribution < 1.29 is 4.79 Å². The average Bonchev–Trinajstić information content (AvgIpc) is 3.13. The molecule has 1 aromatic carbocycles. The number of amides is 1. The number of nitrogens with zero attached hydrogens (tertiary/aromatic N) is 3. The molecular weight excluding hydrogens is 276 g/mol. The number of hydrogen-bond donors (Lipinski definition) is 1. The van der Waals surface area contributed by atoms with Crippen LogP contribution in [0.4, 0.5) is 0 Å². The number of rotatable bonds is 4. The monoisotopic (exact) mass is 296 g/mol. The standard InChI is InChI=1S/C17H20N4O/c1-13-20-14-6-2-3-7-15(14)21(13)11-10-19-16(22)17(12-18)8-4-5-9-17/h2-3,6-7H,4-5,8-11H2,1H3,(H,19,22). The van der Waals surface area contributed by atoms with E-state index in [0.717, 1.165) is 29.7 Å². The Morgan fingerprint density at radius 3 is 2.86 bits per heavy atom. The fraction of sp³-hybridized carbons (Fsp3) is 0.471. The van der Waals surface area contributed by atoms with Crippen LogP contribution in [0.5, 0.6) is 0 Å². The molecule has 3 rings (SSSR count). The van der Waals surface area contributed by atoms with Crippen LogP contribution in [0.3, 0.4) is 0 Å². The number of carbonyl (C=O) groups excluding carboxylic acids is 1. The fourth-order valence-corrected chi connectivity index (χ4v) is 3.30. The SMILES string of the molecule is Cc1nc2ccccc2n1CCNC(=O)C1(C#N)CCCC1. The molecule has 0 spiro atoms. The second-order valence-corrected chi connectivity index (χ2v) is 5.96. The van der Waals surface area contributed by atoms with E-state index in [-0.39, 0.29) is 5.91 Å². The molecule has 1 N–H and O–H groups in total. The van der Waals surface area contributed by atoms with Crippen LogP contribution < -0.4 is 5.32 Å². The molecule has 1 amide bonds. The predicted molar refractivity (Wildman–Crippen MR) is 84.0 cm³/mol. The number of imidazole rings is 1. The molecule has 0 radical (unpaired) electrons. The Morgan fingerprint density at radius 1 is 1.41 bits per heavy atom. The molecule has 22 heavy (non-hydrogen) atoms. The zero-order valence-electron chi connectivity index (χ0n) is 12.8. The van der Waals surface area contributed by atoms with Crippen molar-refractivity contribution in [2.24, 2.45) is 5.41 Å². The van der Waals surface area contributed by atoms with E-state index in [1.807, 2.05) is 31.2 Å². The molecule has 1 fully saturated rings. The van der Waals surface area contributed by atoms with Gasteiger partial charge in [-0.1, -0.05) is 25.0 Å². The summed E-state index contributed by atoms with van der Waals surface area (Å²) >= 11 is 0. The third kappa shape index (κ3) is 2.45. The Labute approximate surface area is 129 Å². The van der Waals surface area contributed by atoms with Crippen molar-refractivity contribution in [1.29, 1.82) is 5.26 Å². The van der Waals surface area contributed by atoms with Crippen LogP contribution in [0.1, 0.15) is 31.5 Å². The van der Waals surface area contributed by atoms with Crippen molar-refractivity contribution in [2.75, 3.05) is 6.54 Å². The van der Waals surface area contributed by atoms with Gasteiger partial charge < -0.3 is 9.88 Å². The first-order valence-electron chi connectivity index (χ1n) is 7.78. The molecule has 5 nitrogen and oxygen atoms in total. The van der Waals surface area contributed by atoms with Crippen molar-refractivity contribution in [1.82, 2.24) is 14.9 Å². The zero-order chi connectivity index (χ0) is 15.6. The Morgan fingerprint density at radius 2 is 2.14 bits per heavy atom. The lowest BCUT2D eigenvalue weighted by Gasteiger charge is -2.19. The highest BCUT2D eigenvalue weighted by atomic mass is 16.2. The summed E-state index contributed by atoms with van der Waals surface area (Å²) in [6, 6.07) is 10.2. The first-order chi connectivity index (χ1) is 10.7. The van der Waals surface area contributed by atoms with Gasteiger partial charge in [-0.2, -0.15) is 5.26 Å². The van der Waals surface area contributed by atoms with E-state index in [1.54, 1.807) is 0 Å². The van der Waals surface area contributed by atoms with Crippen LogP contribution >= 0.6 is 0 Å². The number of hydrogen-bond acceptors (Lipinski definition) is 3. The molecule has 0 saturated heterocycles. The van der Waals surface area contributed by atoms with Gasteiger partial charge in [-0.3, -0.25) is 4.79 Å². The lowest BCUT2D eigenvalue weighted by atomic mass is 9.87. The van der Waals surface area contributed by atoms with Gasteiger partial charge in [0.15, 0.2) is 0 Å². The van der Waals surface area contributed by atoms with E-state index < -0.39 is 5.41 Å². The Balaban J connectivity index is 1.67. The summed E-state index contributed by atoms with van der Waals surface area (Å²) in [5.41, 5.74) is 1.24. The lowest BCUT2D eigenvalue weighted by molar-refractivity contribution is -0.127. The Bertz CT molecular complexity index is 735. The largest absolute Gasteiger partial charge is 0.353 e. The number of nitriles is 1. The molecule has 0 aliphatic heterocycles. The Hall–Kier alpha value is -2.35. The van der Waals surface area contributed by atoms with E-state index in [2.05, 4.69) is 20.9 Å². The molecule has 0 bridgehead atoms. The van der Waals surface area contributed by atoms with Gasteiger partial charge in [-0.05, 0) is 31.9 Å². The topological polar surface area (TPSA) is 70.7 Å². The minimum Gasteiger partial charge on any atom is -0.353 e. The number of para-hydroxylation sites is 2. The Kier molecular flexibility index (Phi) is 3.84. The molecule has 5 heteroatoms. The first-order valence-corrected chi connectivity index (χ1v) is 7.78. The minimum atomic E-state index is -0.800. The maximum atomic E-state index is 12.3. The van der Waals surface area contributed by atoms with Gasteiger partial charge in [0.1, 0.15) is 11.2 Å². The average molecular weight is 296 g/mol. The van der Waals surface area contributed by atoms with Crippen molar-refractivity contribution in [3.05, 3.63) is 30.1 Å². The van der Waals surface area contributed by atoms with Gasteiger partial charge in [0.2, 0.25) is 5.91 Å². The predicted octanol–water partition coefficient (Wildman–Crippen LogP) is 2.54. The van der Waals surface area contributed by atoms with Crippen LogP contribution in [0, 0.1) is 23.7 Å². The van der Waals surface area contributed by atoms with Crippen LogP contribution in [-0.4, -0.2) is 22.0 Å². The van der Waals surface area contributed by atoms with E-state index in [4.69, 9.17) is 0 Å². The highest BCUT2D eigenvalue weighted by molar-refractivity contribution is 5.85. The maximum Gasteiger partial charge on any atom is 0.240 e. The molecule has 0 unspecified atom stereocenters. The van der Waals surface area contributed by atoms with E-state index in [9.17, 15) is 10.1 Å². The molecule has 114 valence electrons. The summed E-state index contributed by atoms with van der Waals surface area (Å²) < 4.78 is 2.10. The van der Waals surface area contributed by atoms with Crippen LogP contribution in [0.15, 0.2) is 24.3 Å². The van der Waals surface area contributed by atoms with Gasteiger partial charge >= 0.3 is 0 Å². The molecule has 1 heterocycles. The lowest BCUT2D eigenvalue weighted by Crippen LogP contribution is -2.39. The third-order valence-corrected chi connectivity index (χ3v) is 4.57. The van der Waals surface area contributed by atoms with Gasteiger partial charge in [-0.15, -0.1) is 0 Å². The number of aromatic nitrogens is 2. The van der Waals surface area contributed by atoms with Gasteiger partial charge in [0, 0.05) is 13.1 Å². The van der Waals surface area contributed by atoms with E-state index in [0.29, 0.717) is 25.9 Å². The highest BCUT2D eigenvalue weighted by Gasteiger charge is 2.41. The fourth-order valence-electron chi connectivity index (χ4n) is 3.30. The van der Waals surface area contributed by atoms with Crippen LogP contribution in [-0.2, 0) is 11.3 Å². The smallest absolute Gasteiger partial charge is 0.240 e. The molecule has 1 aliphatic rings. The molecule has 1 aromatic heterocycles.